The first kappa shape index (κ1) is 11.1. The van der Waals surface area contributed by atoms with Crippen molar-refractivity contribution in [1.29, 1.82) is 0 Å². The Kier molecular flexibility index (Phi) is 3.53. The van der Waals surface area contributed by atoms with Crippen molar-refractivity contribution in [3.05, 3.63) is 29.8 Å². The van der Waals surface area contributed by atoms with Crippen LogP contribution in [0.5, 0.6) is 0 Å². The summed E-state index contributed by atoms with van der Waals surface area (Å²) in [4.78, 5) is 2.25. The third-order valence-electron chi connectivity index (χ3n) is 2.58. The molecule has 14 heavy (non-hydrogen) atoms. The fourth-order valence-corrected chi connectivity index (χ4v) is 1.47. The zero-order valence-electron chi connectivity index (χ0n) is 9.49. The molecule has 0 saturated heterocycles. The SMILES string of the molecule is CC(C)N(C)c1ccccc1[C@@H](C)N. The first-order valence-electron chi connectivity index (χ1n) is 5.11. The van der Waals surface area contributed by atoms with Gasteiger partial charge in [-0.3, -0.25) is 0 Å². The van der Waals surface area contributed by atoms with E-state index in [1.165, 1.54) is 11.3 Å². The third-order valence-corrected chi connectivity index (χ3v) is 2.58. The topological polar surface area (TPSA) is 29.3 Å². The molecule has 2 nitrogen and oxygen atoms in total. The van der Waals surface area contributed by atoms with E-state index in [1.807, 2.05) is 13.0 Å². The molecule has 0 heterocycles. The first-order valence-corrected chi connectivity index (χ1v) is 5.11. The summed E-state index contributed by atoms with van der Waals surface area (Å²) in [5.74, 6) is 0. The van der Waals surface area contributed by atoms with Gasteiger partial charge in [0.05, 0.1) is 0 Å². The van der Waals surface area contributed by atoms with E-state index in [4.69, 9.17) is 5.73 Å². The van der Waals surface area contributed by atoms with Gasteiger partial charge < -0.3 is 10.6 Å². The lowest BCUT2D eigenvalue weighted by molar-refractivity contribution is 0.735. The molecule has 1 aromatic carbocycles. The zero-order valence-corrected chi connectivity index (χ0v) is 9.49. The van der Waals surface area contributed by atoms with Crippen LogP contribution in [0, 0.1) is 0 Å². The van der Waals surface area contributed by atoms with E-state index in [2.05, 4.69) is 44.0 Å². The van der Waals surface area contributed by atoms with E-state index < -0.39 is 0 Å². The van der Waals surface area contributed by atoms with E-state index in [-0.39, 0.29) is 6.04 Å². The molecule has 78 valence electrons. The van der Waals surface area contributed by atoms with Crippen LogP contribution in [0.25, 0.3) is 0 Å². The normalized spacial score (nSPS) is 13.0. The Balaban J connectivity index is 3.06. The van der Waals surface area contributed by atoms with E-state index in [0.717, 1.165) is 0 Å². The molecule has 0 saturated carbocycles. The van der Waals surface area contributed by atoms with E-state index in [0.29, 0.717) is 6.04 Å². The Hall–Kier alpha value is -1.02. The van der Waals surface area contributed by atoms with Gasteiger partial charge in [0.2, 0.25) is 0 Å². The molecular weight excluding hydrogens is 172 g/mol. The minimum absolute atomic E-state index is 0.0902. The van der Waals surface area contributed by atoms with E-state index >= 15 is 0 Å². The highest BCUT2D eigenvalue weighted by molar-refractivity contribution is 5.54. The fraction of sp³-hybridized carbons (Fsp3) is 0.500. The summed E-state index contributed by atoms with van der Waals surface area (Å²) in [6, 6.07) is 8.90. The van der Waals surface area contributed by atoms with Crippen LogP contribution in [0.3, 0.4) is 0 Å². The van der Waals surface area contributed by atoms with Crippen molar-refractivity contribution < 1.29 is 0 Å². The fourth-order valence-electron chi connectivity index (χ4n) is 1.47. The lowest BCUT2D eigenvalue weighted by atomic mass is 10.1. The number of nitrogens with two attached hydrogens (primary N) is 1. The molecule has 0 spiro atoms. The highest BCUT2D eigenvalue weighted by Crippen LogP contribution is 2.25. The van der Waals surface area contributed by atoms with Gasteiger partial charge in [-0.25, -0.2) is 0 Å². The molecule has 1 rings (SSSR count). The third kappa shape index (κ3) is 2.26. The predicted molar refractivity (Wildman–Crippen MR) is 62.6 cm³/mol. The second-order valence-electron chi connectivity index (χ2n) is 4.05. The van der Waals surface area contributed by atoms with Gasteiger partial charge in [-0.15, -0.1) is 0 Å². The zero-order chi connectivity index (χ0) is 10.7. The summed E-state index contributed by atoms with van der Waals surface area (Å²) in [7, 11) is 2.10. The van der Waals surface area contributed by atoms with Gasteiger partial charge in [-0.05, 0) is 32.4 Å². The summed E-state index contributed by atoms with van der Waals surface area (Å²) in [6.45, 7) is 6.38. The summed E-state index contributed by atoms with van der Waals surface area (Å²) < 4.78 is 0. The number of benzene rings is 1. The largest absolute Gasteiger partial charge is 0.372 e. The number of hydrogen-bond acceptors (Lipinski definition) is 2. The second kappa shape index (κ2) is 4.47. The number of nitrogens with zero attached hydrogens (tertiary/aromatic N) is 1. The standard InChI is InChI=1S/C12H20N2/c1-9(2)14(4)12-8-6-5-7-11(12)10(3)13/h5-10H,13H2,1-4H3/t10-/m1/s1. The summed E-state index contributed by atoms with van der Waals surface area (Å²) in [5.41, 5.74) is 8.37. The summed E-state index contributed by atoms with van der Waals surface area (Å²) in [6.07, 6.45) is 0. The van der Waals surface area contributed by atoms with Crippen molar-refractivity contribution in [2.24, 2.45) is 5.73 Å². The van der Waals surface area contributed by atoms with Crippen molar-refractivity contribution >= 4 is 5.69 Å². The van der Waals surface area contributed by atoms with Crippen LogP contribution in [0.4, 0.5) is 5.69 Å². The van der Waals surface area contributed by atoms with Crippen molar-refractivity contribution in [3.63, 3.8) is 0 Å². The smallest absolute Gasteiger partial charge is 0.0414 e. The lowest BCUT2D eigenvalue weighted by Crippen LogP contribution is -2.27. The maximum absolute atomic E-state index is 5.93. The molecule has 0 unspecified atom stereocenters. The van der Waals surface area contributed by atoms with E-state index in [1.54, 1.807) is 0 Å². The second-order valence-corrected chi connectivity index (χ2v) is 4.05. The van der Waals surface area contributed by atoms with Gasteiger partial charge >= 0.3 is 0 Å². The Morgan fingerprint density at radius 1 is 1.14 bits per heavy atom. The number of anilines is 1. The van der Waals surface area contributed by atoms with Crippen LogP contribution in [0.1, 0.15) is 32.4 Å². The average molecular weight is 192 g/mol. The highest BCUT2D eigenvalue weighted by atomic mass is 15.1. The van der Waals surface area contributed by atoms with Crippen LogP contribution in [-0.4, -0.2) is 13.1 Å². The van der Waals surface area contributed by atoms with Crippen LogP contribution in [0.15, 0.2) is 24.3 Å². The Morgan fingerprint density at radius 2 is 1.71 bits per heavy atom. The van der Waals surface area contributed by atoms with Crippen molar-refractivity contribution in [2.45, 2.75) is 32.9 Å². The first-order chi connectivity index (χ1) is 6.54. The quantitative estimate of drug-likeness (QED) is 0.797. The molecular formula is C12H20N2. The summed E-state index contributed by atoms with van der Waals surface area (Å²) in [5, 5.41) is 0. The maximum Gasteiger partial charge on any atom is 0.0414 e. The van der Waals surface area contributed by atoms with Crippen LogP contribution in [-0.2, 0) is 0 Å². The predicted octanol–water partition coefficient (Wildman–Crippen LogP) is 2.55. The maximum atomic E-state index is 5.93. The molecule has 0 aliphatic carbocycles. The molecule has 0 radical (unpaired) electrons. The number of para-hydroxylation sites is 1. The van der Waals surface area contributed by atoms with Gasteiger partial charge in [0.1, 0.15) is 0 Å². The van der Waals surface area contributed by atoms with Gasteiger partial charge in [0, 0.05) is 24.8 Å². The van der Waals surface area contributed by atoms with Gasteiger partial charge in [-0.2, -0.15) is 0 Å². The van der Waals surface area contributed by atoms with Crippen molar-refractivity contribution in [1.82, 2.24) is 0 Å². The minimum Gasteiger partial charge on any atom is -0.372 e. The lowest BCUT2D eigenvalue weighted by Gasteiger charge is -2.27. The summed E-state index contributed by atoms with van der Waals surface area (Å²) >= 11 is 0. The molecule has 0 aliphatic heterocycles. The number of hydrogen-bond donors (Lipinski definition) is 1. The molecule has 0 fully saturated rings. The molecule has 1 aromatic rings. The Morgan fingerprint density at radius 3 is 2.21 bits per heavy atom. The van der Waals surface area contributed by atoms with Crippen molar-refractivity contribution in [3.8, 4) is 0 Å². The molecule has 0 aliphatic rings. The molecule has 2 heteroatoms. The molecule has 0 bridgehead atoms. The minimum atomic E-state index is 0.0902. The average Bonchev–Trinajstić information content (AvgIpc) is 2.16. The van der Waals surface area contributed by atoms with Gasteiger partial charge in [-0.1, -0.05) is 18.2 Å². The Labute approximate surface area is 86.7 Å². The molecule has 2 N–H and O–H groups in total. The van der Waals surface area contributed by atoms with Crippen LogP contribution >= 0.6 is 0 Å². The molecule has 0 amide bonds. The van der Waals surface area contributed by atoms with Gasteiger partial charge in [0.25, 0.3) is 0 Å². The number of rotatable bonds is 3. The van der Waals surface area contributed by atoms with Gasteiger partial charge in [0.15, 0.2) is 0 Å². The Bertz CT molecular complexity index is 292. The van der Waals surface area contributed by atoms with Crippen LogP contribution in [0.2, 0.25) is 0 Å². The monoisotopic (exact) mass is 192 g/mol. The highest BCUT2D eigenvalue weighted by Gasteiger charge is 2.11. The molecule has 1 atom stereocenters. The van der Waals surface area contributed by atoms with E-state index in [9.17, 15) is 0 Å². The molecule has 0 aromatic heterocycles. The van der Waals surface area contributed by atoms with Crippen LogP contribution < -0.4 is 10.6 Å². The van der Waals surface area contributed by atoms with Crippen molar-refractivity contribution in [2.75, 3.05) is 11.9 Å².